The van der Waals surface area contributed by atoms with Crippen LogP contribution in [0.2, 0.25) is 0 Å². The van der Waals surface area contributed by atoms with Crippen LogP contribution < -0.4 is 9.47 Å². The number of carbonyl (C=O) groups excluding carboxylic acids is 1. The molecule has 1 fully saturated rings. The Morgan fingerprint density at radius 3 is 2.96 bits per heavy atom. The molecule has 0 spiro atoms. The Morgan fingerprint density at radius 2 is 2.19 bits per heavy atom. The maximum atomic E-state index is 12.8. The third kappa shape index (κ3) is 3.60. The number of nitrogens with zero attached hydrogens (tertiary/aromatic N) is 4. The van der Waals surface area contributed by atoms with E-state index in [0.717, 1.165) is 17.0 Å². The van der Waals surface area contributed by atoms with Crippen molar-refractivity contribution in [1.29, 1.82) is 0 Å². The highest BCUT2D eigenvalue weighted by Gasteiger charge is 2.33. The number of rotatable bonds is 5. The molecule has 2 aliphatic rings. The van der Waals surface area contributed by atoms with Crippen LogP contribution in [0.15, 0.2) is 40.8 Å². The van der Waals surface area contributed by atoms with Crippen molar-refractivity contribution >= 4 is 45.4 Å². The molecule has 3 heterocycles. The lowest BCUT2D eigenvalue weighted by atomic mass is 10.2. The van der Waals surface area contributed by atoms with Gasteiger partial charge in [-0.15, -0.1) is 16.8 Å². The molecule has 2 aliphatic heterocycles. The number of amidine groups is 1. The highest BCUT2D eigenvalue weighted by atomic mass is 32.2. The highest BCUT2D eigenvalue weighted by Crippen LogP contribution is 2.37. The summed E-state index contributed by atoms with van der Waals surface area (Å²) in [5.74, 6) is 1.27. The molecule has 0 N–H and O–H groups in total. The summed E-state index contributed by atoms with van der Waals surface area (Å²) in [6.07, 6.45) is 4.31. The van der Waals surface area contributed by atoms with Crippen molar-refractivity contribution in [3.63, 3.8) is 0 Å². The summed E-state index contributed by atoms with van der Waals surface area (Å²) < 4.78 is 10.7. The monoisotopic (exact) mass is 400 g/mol. The lowest BCUT2D eigenvalue weighted by Crippen LogP contribution is -2.29. The molecule has 2 aromatic rings. The molecule has 0 aliphatic carbocycles. The molecule has 1 saturated heterocycles. The Balaban J connectivity index is 1.64. The van der Waals surface area contributed by atoms with Gasteiger partial charge >= 0.3 is 0 Å². The summed E-state index contributed by atoms with van der Waals surface area (Å²) >= 11 is 2.74. The molecular formula is C18H16N4O3S2. The largest absolute Gasteiger partial charge is 0.454 e. The molecule has 1 amide bonds. The number of aromatic nitrogens is 2. The van der Waals surface area contributed by atoms with Crippen LogP contribution in [-0.2, 0) is 11.2 Å². The topological polar surface area (TPSA) is 76.9 Å². The third-order valence-electron chi connectivity index (χ3n) is 3.84. The first kappa shape index (κ1) is 17.7. The predicted octanol–water partition coefficient (Wildman–Crippen LogP) is 3.62. The van der Waals surface area contributed by atoms with Gasteiger partial charge in [0.05, 0.1) is 4.91 Å². The minimum absolute atomic E-state index is 0.114. The van der Waals surface area contributed by atoms with Gasteiger partial charge in [0, 0.05) is 6.54 Å². The maximum absolute atomic E-state index is 12.8. The number of aryl methyl sites for hydroxylation is 1. The zero-order valence-electron chi connectivity index (χ0n) is 14.5. The van der Waals surface area contributed by atoms with E-state index in [1.165, 1.54) is 23.1 Å². The van der Waals surface area contributed by atoms with E-state index in [0.29, 0.717) is 33.2 Å². The van der Waals surface area contributed by atoms with Crippen LogP contribution in [0.25, 0.3) is 6.08 Å². The molecule has 0 saturated carbocycles. The van der Waals surface area contributed by atoms with E-state index in [-0.39, 0.29) is 12.7 Å². The van der Waals surface area contributed by atoms with Gasteiger partial charge in [-0.05, 0) is 42.0 Å². The van der Waals surface area contributed by atoms with Crippen molar-refractivity contribution in [2.24, 2.45) is 4.99 Å². The first-order valence-electron chi connectivity index (χ1n) is 8.31. The summed E-state index contributed by atoms with van der Waals surface area (Å²) in [6, 6.07) is 5.58. The average Bonchev–Trinajstić information content (AvgIpc) is 3.38. The normalized spacial score (nSPS) is 18.7. The summed E-state index contributed by atoms with van der Waals surface area (Å²) in [5, 5.41) is 10.2. The van der Waals surface area contributed by atoms with E-state index in [1.54, 1.807) is 11.0 Å². The summed E-state index contributed by atoms with van der Waals surface area (Å²) in [6.45, 7) is 6.34. The van der Waals surface area contributed by atoms with Gasteiger partial charge in [0.25, 0.3) is 5.91 Å². The van der Waals surface area contributed by atoms with Gasteiger partial charge in [-0.3, -0.25) is 9.69 Å². The minimum atomic E-state index is -0.114. The van der Waals surface area contributed by atoms with Crippen molar-refractivity contribution in [1.82, 2.24) is 15.1 Å². The number of hydrogen-bond acceptors (Lipinski definition) is 8. The predicted molar refractivity (Wildman–Crippen MR) is 106 cm³/mol. The Morgan fingerprint density at radius 1 is 1.33 bits per heavy atom. The van der Waals surface area contributed by atoms with Crippen LogP contribution in [0.1, 0.15) is 17.5 Å². The van der Waals surface area contributed by atoms with Gasteiger partial charge in [-0.25, -0.2) is 0 Å². The molecule has 7 nitrogen and oxygen atoms in total. The molecule has 9 heteroatoms. The molecule has 0 radical (unpaired) electrons. The fourth-order valence-electron chi connectivity index (χ4n) is 2.55. The fraction of sp³-hybridized carbons (Fsp3) is 0.222. The van der Waals surface area contributed by atoms with Crippen molar-refractivity contribution in [2.45, 2.75) is 13.3 Å². The second kappa shape index (κ2) is 7.53. The molecule has 1 aromatic heterocycles. The van der Waals surface area contributed by atoms with Gasteiger partial charge in [0.15, 0.2) is 16.7 Å². The second-order valence-corrected chi connectivity index (χ2v) is 7.70. The first-order valence-corrected chi connectivity index (χ1v) is 9.94. The Hall–Kier alpha value is -2.65. The standard InChI is InChI=1S/C18H16N4O3S2/c1-3-7-22-16(23)14(9-11-5-6-12-13(8-11)25-10-24-12)26-18(22)19-17-21-20-15(4-2)27-17/h3,5-6,8-9H,1,4,7,10H2,2H3/b14-9+,19-18+. The lowest BCUT2D eigenvalue weighted by Gasteiger charge is -2.11. The Labute approximate surface area is 164 Å². The van der Waals surface area contributed by atoms with E-state index >= 15 is 0 Å². The van der Waals surface area contributed by atoms with Crippen LogP contribution in [0.5, 0.6) is 11.5 Å². The van der Waals surface area contributed by atoms with E-state index in [1.807, 2.05) is 31.2 Å². The average molecular weight is 400 g/mol. The van der Waals surface area contributed by atoms with Crippen molar-refractivity contribution in [3.05, 3.63) is 46.3 Å². The smallest absolute Gasteiger partial charge is 0.267 e. The number of benzene rings is 1. The quantitative estimate of drug-likeness (QED) is 0.564. The van der Waals surface area contributed by atoms with Crippen LogP contribution >= 0.6 is 23.1 Å². The zero-order chi connectivity index (χ0) is 18.8. The number of thioether (sulfide) groups is 1. The van der Waals surface area contributed by atoms with Gasteiger partial charge in [-0.1, -0.05) is 30.4 Å². The van der Waals surface area contributed by atoms with Crippen molar-refractivity contribution in [3.8, 4) is 11.5 Å². The Kier molecular flexibility index (Phi) is 4.95. The second-order valence-electron chi connectivity index (χ2n) is 5.65. The van der Waals surface area contributed by atoms with Crippen molar-refractivity contribution < 1.29 is 14.3 Å². The molecule has 4 rings (SSSR count). The SMILES string of the molecule is C=CCN1C(=O)/C(=C\c2ccc3c(c2)OCO3)S/C1=N/c1nnc(CC)s1. The number of aliphatic imine (C=N–C) groups is 1. The maximum Gasteiger partial charge on any atom is 0.267 e. The number of hydrogen-bond donors (Lipinski definition) is 0. The Bertz CT molecular complexity index is 967. The first-order chi connectivity index (χ1) is 13.2. The van der Waals surface area contributed by atoms with E-state index < -0.39 is 0 Å². The molecule has 0 atom stereocenters. The minimum Gasteiger partial charge on any atom is -0.454 e. The summed E-state index contributed by atoms with van der Waals surface area (Å²) in [7, 11) is 0. The van der Waals surface area contributed by atoms with Gasteiger partial charge in [0.1, 0.15) is 5.01 Å². The summed E-state index contributed by atoms with van der Waals surface area (Å²) in [5.41, 5.74) is 0.860. The van der Waals surface area contributed by atoms with Crippen LogP contribution in [0, 0.1) is 0 Å². The van der Waals surface area contributed by atoms with E-state index in [2.05, 4.69) is 21.8 Å². The van der Waals surface area contributed by atoms with E-state index in [9.17, 15) is 4.79 Å². The molecule has 0 unspecified atom stereocenters. The molecular weight excluding hydrogens is 384 g/mol. The zero-order valence-corrected chi connectivity index (χ0v) is 16.2. The van der Waals surface area contributed by atoms with Crippen molar-refractivity contribution in [2.75, 3.05) is 13.3 Å². The van der Waals surface area contributed by atoms with Crippen LogP contribution in [-0.4, -0.2) is 39.5 Å². The molecule has 138 valence electrons. The fourth-order valence-corrected chi connectivity index (χ4v) is 4.25. The highest BCUT2D eigenvalue weighted by molar-refractivity contribution is 8.18. The summed E-state index contributed by atoms with van der Waals surface area (Å²) in [4.78, 5) is 19.5. The van der Waals surface area contributed by atoms with Crippen LogP contribution in [0.4, 0.5) is 5.13 Å². The number of fused-ring (bicyclic) bond motifs is 1. The van der Waals surface area contributed by atoms with Crippen LogP contribution in [0.3, 0.4) is 0 Å². The van der Waals surface area contributed by atoms with Gasteiger partial charge in [0.2, 0.25) is 11.9 Å². The number of ether oxygens (including phenoxy) is 2. The third-order valence-corrected chi connectivity index (χ3v) is 5.81. The van der Waals surface area contributed by atoms with Gasteiger partial charge < -0.3 is 9.47 Å². The molecule has 1 aromatic carbocycles. The molecule has 0 bridgehead atoms. The lowest BCUT2D eigenvalue weighted by molar-refractivity contribution is -0.121. The number of carbonyl (C=O) groups is 1. The molecule has 27 heavy (non-hydrogen) atoms. The van der Waals surface area contributed by atoms with E-state index in [4.69, 9.17) is 9.47 Å². The van der Waals surface area contributed by atoms with Gasteiger partial charge in [-0.2, -0.15) is 4.99 Å². The number of amides is 1.